The number of aryl methyl sites for hydroxylation is 1. The van der Waals surface area contributed by atoms with Gasteiger partial charge in [0.15, 0.2) is 0 Å². The van der Waals surface area contributed by atoms with E-state index < -0.39 is 0 Å². The lowest BCUT2D eigenvalue weighted by Crippen LogP contribution is -2.46. The van der Waals surface area contributed by atoms with Gasteiger partial charge < -0.3 is 15.2 Å². The Bertz CT molecular complexity index is 454. The van der Waals surface area contributed by atoms with Gasteiger partial charge in [-0.1, -0.05) is 19.3 Å². The predicted molar refractivity (Wildman–Crippen MR) is 79.9 cm³/mol. The van der Waals surface area contributed by atoms with Crippen molar-refractivity contribution >= 4 is 0 Å². The molecule has 1 heterocycles. The van der Waals surface area contributed by atoms with E-state index in [9.17, 15) is 0 Å². The summed E-state index contributed by atoms with van der Waals surface area (Å²) in [5.74, 6) is 0.902. The predicted octanol–water partition coefficient (Wildman–Crippen LogP) is 2.89. The number of nitrogens with zero attached hydrogens (tertiary/aromatic N) is 1. The number of hydrogen-bond donors (Lipinski definition) is 1. The molecular formula is C16H26N2O2. The quantitative estimate of drug-likeness (QED) is 0.899. The lowest BCUT2D eigenvalue weighted by Gasteiger charge is -2.33. The zero-order chi connectivity index (χ0) is 14.6. The van der Waals surface area contributed by atoms with Crippen LogP contribution in [0.2, 0.25) is 0 Å². The van der Waals surface area contributed by atoms with Gasteiger partial charge in [0, 0.05) is 22.9 Å². The van der Waals surface area contributed by atoms with E-state index >= 15 is 0 Å². The Balaban J connectivity index is 1.94. The molecule has 0 aromatic carbocycles. The van der Waals surface area contributed by atoms with Crippen LogP contribution in [0.1, 0.15) is 48.9 Å². The van der Waals surface area contributed by atoms with Gasteiger partial charge in [-0.05, 0) is 26.7 Å². The first-order valence-corrected chi connectivity index (χ1v) is 7.41. The smallest absolute Gasteiger partial charge is 0.128 e. The van der Waals surface area contributed by atoms with Crippen LogP contribution in [0.5, 0.6) is 5.75 Å². The molecule has 4 nitrogen and oxygen atoms in total. The zero-order valence-corrected chi connectivity index (χ0v) is 12.9. The van der Waals surface area contributed by atoms with E-state index in [1.165, 1.54) is 19.3 Å². The number of ether oxygens (including phenoxy) is 2. The maximum atomic E-state index is 6.37. The van der Waals surface area contributed by atoms with Crippen LogP contribution in [0.3, 0.4) is 0 Å². The number of hydrogen-bond acceptors (Lipinski definition) is 4. The summed E-state index contributed by atoms with van der Waals surface area (Å²) in [6, 6.07) is 0. The summed E-state index contributed by atoms with van der Waals surface area (Å²) in [5, 5.41) is 0. The fourth-order valence-electron chi connectivity index (χ4n) is 2.97. The minimum absolute atomic E-state index is 0.138. The summed E-state index contributed by atoms with van der Waals surface area (Å²) in [5.41, 5.74) is 9.28. The monoisotopic (exact) mass is 278 g/mol. The molecule has 0 unspecified atom stereocenters. The lowest BCUT2D eigenvalue weighted by atomic mass is 9.83. The largest absolute Gasteiger partial charge is 0.496 e. The molecule has 0 amide bonds. The Morgan fingerprint density at radius 2 is 1.95 bits per heavy atom. The van der Waals surface area contributed by atoms with Gasteiger partial charge in [0.25, 0.3) is 0 Å². The van der Waals surface area contributed by atoms with Gasteiger partial charge in [-0.2, -0.15) is 0 Å². The van der Waals surface area contributed by atoms with Crippen molar-refractivity contribution < 1.29 is 9.47 Å². The van der Waals surface area contributed by atoms with Crippen molar-refractivity contribution in [3.8, 4) is 5.75 Å². The van der Waals surface area contributed by atoms with E-state index in [0.717, 1.165) is 35.4 Å². The van der Waals surface area contributed by atoms with Gasteiger partial charge in [-0.3, -0.25) is 4.98 Å². The first-order chi connectivity index (χ1) is 9.56. The fourth-order valence-corrected chi connectivity index (χ4v) is 2.97. The topological polar surface area (TPSA) is 57.4 Å². The van der Waals surface area contributed by atoms with Gasteiger partial charge in [0.1, 0.15) is 5.75 Å². The summed E-state index contributed by atoms with van der Waals surface area (Å²) in [6.07, 6.45) is 7.70. The van der Waals surface area contributed by atoms with Crippen LogP contribution in [0, 0.1) is 13.8 Å². The summed E-state index contributed by atoms with van der Waals surface area (Å²) >= 11 is 0. The molecule has 1 aromatic rings. The highest BCUT2D eigenvalue weighted by Crippen LogP contribution is 2.27. The van der Waals surface area contributed by atoms with Crippen LogP contribution in [0.15, 0.2) is 6.20 Å². The summed E-state index contributed by atoms with van der Waals surface area (Å²) in [4.78, 5) is 4.45. The molecule has 2 rings (SSSR count). The minimum Gasteiger partial charge on any atom is -0.496 e. The maximum absolute atomic E-state index is 6.37. The van der Waals surface area contributed by atoms with E-state index in [-0.39, 0.29) is 5.54 Å². The highest BCUT2D eigenvalue weighted by Gasteiger charge is 2.27. The molecular weight excluding hydrogens is 252 g/mol. The van der Waals surface area contributed by atoms with Gasteiger partial charge in [0.05, 0.1) is 26.0 Å². The number of aromatic nitrogens is 1. The number of methoxy groups -OCH3 is 1. The van der Waals surface area contributed by atoms with E-state index in [4.69, 9.17) is 15.2 Å². The average Bonchev–Trinajstić information content (AvgIpc) is 2.43. The first-order valence-electron chi connectivity index (χ1n) is 7.41. The van der Waals surface area contributed by atoms with Crippen molar-refractivity contribution in [3.63, 3.8) is 0 Å². The Kier molecular flexibility index (Phi) is 5.00. The molecule has 4 heteroatoms. The summed E-state index contributed by atoms with van der Waals surface area (Å²) in [6.45, 7) is 5.14. The normalized spacial score (nSPS) is 18.0. The molecule has 112 valence electrons. The van der Waals surface area contributed by atoms with Gasteiger partial charge >= 0.3 is 0 Å². The molecule has 0 spiro atoms. The molecule has 1 aliphatic carbocycles. The second kappa shape index (κ2) is 6.55. The summed E-state index contributed by atoms with van der Waals surface area (Å²) < 4.78 is 11.3. The van der Waals surface area contributed by atoms with Crippen LogP contribution in [0.25, 0.3) is 0 Å². The van der Waals surface area contributed by atoms with Gasteiger partial charge in [0.2, 0.25) is 0 Å². The molecule has 0 aliphatic heterocycles. The van der Waals surface area contributed by atoms with Crippen LogP contribution < -0.4 is 10.5 Å². The Hall–Kier alpha value is -1.13. The third kappa shape index (κ3) is 3.49. The first kappa shape index (κ1) is 15.3. The molecule has 1 saturated carbocycles. The number of rotatable bonds is 5. The Morgan fingerprint density at radius 1 is 1.25 bits per heavy atom. The average molecular weight is 278 g/mol. The van der Waals surface area contributed by atoms with Crippen molar-refractivity contribution in [2.45, 2.75) is 58.1 Å². The van der Waals surface area contributed by atoms with Gasteiger partial charge in [-0.15, -0.1) is 0 Å². The van der Waals surface area contributed by atoms with E-state index in [1.807, 2.05) is 20.0 Å². The van der Waals surface area contributed by atoms with Crippen molar-refractivity contribution in [2.24, 2.45) is 5.73 Å². The second-order valence-corrected chi connectivity index (χ2v) is 5.96. The zero-order valence-electron chi connectivity index (χ0n) is 12.9. The molecule has 1 fully saturated rings. The third-order valence-electron chi connectivity index (χ3n) is 4.23. The molecule has 1 aromatic heterocycles. The maximum Gasteiger partial charge on any atom is 0.128 e. The molecule has 0 radical (unpaired) electrons. The minimum atomic E-state index is -0.138. The van der Waals surface area contributed by atoms with E-state index in [2.05, 4.69) is 4.98 Å². The Labute approximate surface area is 121 Å². The SMILES string of the molecule is COc1c(C)cnc(COCC2(N)CCCCC2)c1C. The van der Waals surface area contributed by atoms with Crippen LogP contribution in [-0.4, -0.2) is 24.2 Å². The molecule has 20 heavy (non-hydrogen) atoms. The number of pyridine rings is 1. The highest BCUT2D eigenvalue weighted by atomic mass is 16.5. The third-order valence-corrected chi connectivity index (χ3v) is 4.23. The van der Waals surface area contributed by atoms with Crippen molar-refractivity contribution in [2.75, 3.05) is 13.7 Å². The van der Waals surface area contributed by atoms with Crippen molar-refractivity contribution in [1.82, 2.24) is 4.98 Å². The number of nitrogens with two attached hydrogens (primary N) is 1. The molecule has 0 saturated heterocycles. The summed E-state index contributed by atoms with van der Waals surface area (Å²) in [7, 11) is 1.69. The standard InChI is InChI=1S/C16H26N2O2/c1-12-9-18-14(13(2)15(12)19-3)10-20-11-16(17)7-5-4-6-8-16/h9H,4-8,10-11,17H2,1-3H3. The Morgan fingerprint density at radius 3 is 2.60 bits per heavy atom. The lowest BCUT2D eigenvalue weighted by molar-refractivity contribution is 0.0554. The second-order valence-electron chi connectivity index (χ2n) is 5.96. The molecule has 1 aliphatic rings. The van der Waals surface area contributed by atoms with E-state index in [1.54, 1.807) is 7.11 Å². The molecule has 0 bridgehead atoms. The van der Waals surface area contributed by atoms with Gasteiger partial charge in [-0.25, -0.2) is 0 Å². The molecule has 2 N–H and O–H groups in total. The van der Waals surface area contributed by atoms with E-state index in [0.29, 0.717) is 13.2 Å². The van der Waals surface area contributed by atoms with Crippen LogP contribution in [0.4, 0.5) is 0 Å². The fraction of sp³-hybridized carbons (Fsp3) is 0.688. The highest BCUT2D eigenvalue weighted by molar-refractivity contribution is 5.40. The molecule has 0 atom stereocenters. The van der Waals surface area contributed by atoms with Crippen molar-refractivity contribution in [1.29, 1.82) is 0 Å². The van der Waals surface area contributed by atoms with Crippen LogP contribution >= 0.6 is 0 Å². The van der Waals surface area contributed by atoms with Crippen molar-refractivity contribution in [3.05, 3.63) is 23.0 Å². The van der Waals surface area contributed by atoms with Crippen LogP contribution in [-0.2, 0) is 11.3 Å².